The van der Waals surface area contributed by atoms with E-state index in [2.05, 4.69) is 17.8 Å². The molecule has 1 atom stereocenters. The topological polar surface area (TPSA) is 17.1 Å². The number of aldehydes is 1. The van der Waals surface area contributed by atoms with Crippen LogP contribution in [0, 0.1) is 5.92 Å². The summed E-state index contributed by atoms with van der Waals surface area (Å²) in [5.74, 6) is 3.42. The molecule has 1 fully saturated rings. The van der Waals surface area contributed by atoms with Crippen molar-refractivity contribution in [1.82, 2.24) is 0 Å². The Balaban J connectivity index is 1.99. The molecule has 0 aromatic heterocycles. The van der Waals surface area contributed by atoms with Crippen LogP contribution in [-0.2, 0) is 6.42 Å². The van der Waals surface area contributed by atoms with E-state index in [0.29, 0.717) is 0 Å². The van der Waals surface area contributed by atoms with Crippen LogP contribution in [0.4, 0.5) is 0 Å². The fraction of sp³-hybridized carbons (Fsp3) is 0.462. The van der Waals surface area contributed by atoms with Crippen LogP contribution >= 0.6 is 11.8 Å². The van der Waals surface area contributed by atoms with Crippen molar-refractivity contribution in [3.8, 4) is 0 Å². The standard InChI is InChI=1S/C13H16OS/c14-9-12-4-1-3-11(7-12)8-13-5-2-6-15-10-13/h1,3-4,7,9,13H,2,5-6,8,10H2. The van der Waals surface area contributed by atoms with Crippen molar-refractivity contribution < 1.29 is 4.79 Å². The largest absolute Gasteiger partial charge is 0.298 e. The van der Waals surface area contributed by atoms with Gasteiger partial charge in [-0.1, -0.05) is 18.2 Å². The smallest absolute Gasteiger partial charge is 0.150 e. The molecule has 80 valence electrons. The summed E-state index contributed by atoms with van der Waals surface area (Å²) in [6.45, 7) is 0. The van der Waals surface area contributed by atoms with E-state index in [1.54, 1.807) is 0 Å². The number of benzene rings is 1. The van der Waals surface area contributed by atoms with Crippen molar-refractivity contribution >= 4 is 18.0 Å². The molecule has 1 heterocycles. The molecule has 2 heteroatoms. The summed E-state index contributed by atoms with van der Waals surface area (Å²) >= 11 is 2.06. The fourth-order valence-electron chi connectivity index (χ4n) is 2.10. The Kier molecular flexibility index (Phi) is 3.84. The average Bonchev–Trinajstić information content (AvgIpc) is 2.31. The second kappa shape index (κ2) is 5.36. The van der Waals surface area contributed by atoms with E-state index in [0.717, 1.165) is 24.2 Å². The lowest BCUT2D eigenvalue weighted by Gasteiger charge is -2.21. The third kappa shape index (κ3) is 3.10. The second-order valence-electron chi connectivity index (χ2n) is 4.15. The summed E-state index contributed by atoms with van der Waals surface area (Å²) in [5.41, 5.74) is 2.11. The lowest BCUT2D eigenvalue weighted by molar-refractivity contribution is 0.112. The van der Waals surface area contributed by atoms with E-state index in [1.165, 1.54) is 29.9 Å². The van der Waals surface area contributed by atoms with E-state index < -0.39 is 0 Å². The maximum absolute atomic E-state index is 10.6. The second-order valence-corrected chi connectivity index (χ2v) is 5.30. The number of carbonyl (C=O) groups is 1. The predicted molar refractivity (Wildman–Crippen MR) is 65.6 cm³/mol. The summed E-state index contributed by atoms with van der Waals surface area (Å²) in [6.07, 6.45) is 4.76. The van der Waals surface area contributed by atoms with Gasteiger partial charge in [0.25, 0.3) is 0 Å². The molecule has 1 aliphatic rings. The zero-order valence-corrected chi connectivity index (χ0v) is 9.63. The number of hydrogen-bond donors (Lipinski definition) is 0. The first-order valence-corrected chi connectivity index (χ1v) is 6.66. The van der Waals surface area contributed by atoms with E-state index >= 15 is 0 Å². The van der Waals surface area contributed by atoms with Crippen LogP contribution in [-0.4, -0.2) is 17.8 Å². The van der Waals surface area contributed by atoms with Crippen LogP contribution in [0.5, 0.6) is 0 Å². The van der Waals surface area contributed by atoms with Gasteiger partial charge in [-0.05, 0) is 48.3 Å². The van der Waals surface area contributed by atoms with Gasteiger partial charge in [0.1, 0.15) is 6.29 Å². The zero-order chi connectivity index (χ0) is 10.5. The molecule has 1 aromatic carbocycles. The molecule has 0 saturated carbocycles. The molecule has 15 heavy (non-hydrogen) atoms. The Morgan fingerprint density at radius 1 is 1.47 bits per heavy atom. The number of rotatable bonds is 3. The quantitative estimate of drug-likeness (QED) is 0.728. The summed E-state index contributed by atoms with van der Waals surface area (Å²) in [4.78, 5) is 10.6. The molecule has 0 bridgehead atoms. The van der Waals surface area contributed by atoms with Gasteiger partial charge in [-0.25, -0.2) is 0 Å². The van der Waals surface area contributed by atoms with Gasteiger partial charge < -0.3 is 0 Å². The summed E-state index contributed by atoms with van der Waals surface area (Å²) in [7, 11) is 0. The summed E-state index contributed by atoms with van der Waals surface area (Å²) in [5, 5.41) is 0. The van der Waals surface area contributed by atoms with Crippen molar-refractivity contribution in [2.45, 2.75) is 19.3 Å². The fourth-order valence-corrected chi connectivity index (χ4v) is 3.25. The number of thioether (sulfide) groups is 1. The molecule has 1 nitrogen and oxygen atoms in total. The highest BCUT2D eigenvalue weighted by Gasteiger charge is 2.14. The highest BCUT2D eigenvalue weighted by molar-refractivity contribution is 7.99. The van der Waals surface area contributed by atoms with Crippen LogP contribution in [0.1, 0.15) is 28.8 Å². The minimum absolute atomic E-state index is 0.802. The molecular formula is C13H16OS. The first-order valence-electron chi connectivity index (χ1n) is 5.50. The van der Waals surface area contributed by atoms with Crippen molar-refractivity contribution in [3.63, 3.8) is 0 Å². The van der Waals surface area contributed by atoms with Crippen molar-refractivity contribution in [2.24, 2.45) is 5.92 Å². The molecule has 0 spiro atoms. The Morgan fingerprint density at radius 2 is 2.40 bits per heavy atom. The monoisotopic (exact) mass is 220 g/mol. The SMILES string of the molecule is O=Cc1cccc(CC2CCCSC2)c1. The number of hydrogen-bond acceptors (Lipinski definition) is 2. The van der Waals surface area contributed by atoms with E-state index in [4.69, 9.17) is 0 Å². The molecule has 0 amide bonds. The first-order chi connectivity index (χ1) is 7.38. The van der Waals surface area contributed by atoms with Gasteiger partial charge >= 0.3 is 0 Å². The van der Waals surface area contributed by atoms with Gasteiger partial charge in [0.05, 0.1) is 0 Å². The van der Waals surface area contributed by atoms with Crippen molar-refractivity contribution in [3.05, 3.63) is 35.4 Å². The first kappa shape index (κ1) is 10.7. The Labute approximate surface area is 95.3 Å². The summed E-state index contributed by atoms with van der Waals surface area (Å²) in [6, 6.07) is 8.00. The van der Waals surface area contributed by atoms with Crippen molar-refractivity contribution in [1.29, 1.82) is 0 Å². The normalized spacial score (nSPS) is 21.2. The molecule has 1 unspecified atom stereocenters. The molecular weight excluding hydrogens is 204 g/mol. The Bertz CT molecular complexity index is 329. The lowest BCUT2D eigenvalue weighted by Crippen LogP contribution is -2.13. The third-order valence-corrected chi connectivity index (χ3v) is 4.15. The van der Waals surface area contributed by atoms with Gasteiger partial charge in [-0.15, -0.1) is 0 Å². The van der Waals surface area contributed by atoms with Gasteiger partial charge in [-0.3, -0.25) is 4.79 Å². The molecule has 2 rings (SSSR count). The third-order valence-electron chi connectivity index (χ3n) is 2.87. The Hall–Kier alpha value is -0.760. The maximum Gasteiger partial charge on any atom is 0.150 e. The van der Waals surface area contributed by atoms with E-state index in [1.807, 2.05) is 18.2 Å². The lowest BCUT2D eigenvalue weighted by atomic mass is 9.95. The van der Waals surface area contributed by atoms with E-state index in [-0.39, 0.29) is 0 Å². The van der Waals surface area contributed by atoms with Crippen molar-refractivity contribution in [2.75, 3.05) is 11.5 Å². The van der Waals surface area contributed by atoms with Crippen LogP contribution in [0.3, 0.4) is 0 Å². The van der Waals surface area contributed by atoms with Crippen LogP contribution in [0.25, 0.3) is 0 Å². The van der Waals surface area contributed by atoms with Crippen LogP contribution in [0.15, 0.2) is 24.3 Å². The molecule has 1 aliphatic heterocycles. The maximum atomic E-state index is 10.6. The minimum atomic E-state index is 0.802. The average molecular weight is 220 g/mol. The Morgan fingerprint density at radius 3 is 3.13 bits per heavy atom. The van der Waals surface area contributed by atoms with Gasteiger partial charge in [-0.2, -0.15) is 11.8 Å². The van der Waals surface area contributed by atoms with Gasteiger partial charge in [0.15, 0.2) is 0 Å². The zero-order valence-electron chi connectivity index (χ0n) is 8.82. The number of carbonyl (C=O) groups excluding carboxylic acids is 1. The predicted octanol–water partition coefficient (Wildman–Crippen LogP) is 3.18. The highest BCUT2D eigenvalue weighted by atomic mass is 32.2. The molecule has 0 N–H and O–H groups in total. The minimum Gasteiger partial charge on any atom is -0.298 e. The van der Waals surface area contributed by atoms with Crippen LogP contribution in [0.2, 0.25) is 0 Å². The van der Waals surface area contributed by atoms with E-state index in [9.17, 15) is 4.79 Å². The highest BCUT2D eigenvalue weighted by Crippen LogP contribution is 2.25. The van der Waals surface area contributed by atoms with Crippen LogP contribution < -0.4 is 0 Å². The summed E-state index contributed by atoms with van der Waals surface area (Å²) < 4.78 is 0. The molecule has 0 aliphatic carbocycles. The van der Waals surface area contributed by atoms with Gasteiger partial charge in [0, 0.05) is 5.56 Å². The van der Waals surface area contributed by atoms with Gasteiger partial charge in [0.2, 0.25) is 0 Å². The molecule has 0 radical (unpaired) electrons. The molecule has 1 saturated heterocycles. The molecule has 1 aromatic rings.